The maximum absolute atomic E-state index is 13.6. The Morgan fingerprint density at radius 3 is 2.44 bits per heavy atom. The number of para-hydroxylation sites is 1. The predicted octanol–water partition coefficient (Wildman–Crippen LogP) is 8.35. The molecule has 11 heteroatoms. The number of likely N-dealkylation sites (N-methyl/N-ethyl adjacent to an activating group) is 2. The number of nitrogens with zero attached hydrogens (tertiary/aromatic N) is 5. The zero-order valence-corrected chi connectivity index (χ0v) is 33.9. The number of thiazole rings is 1. The van der Waals surface area contributed by atoms with E-state index in [9.17, 15) is 19.5 Å². The van der Waals surface area contributed by atoms with Crippen LogP contribution >= 0.6 is 11.3 Å². The van der Waals surface area contributed by atoms with Crippen LogP contribution in [-0.2, 0) is 19.1 Å². The van der Waals surface area contributed by atoms with E-state index in [-0.39, 0.29) is 52.7 Å². The molecule has 0 saturated heterocycles. The second-order valence-electron chi connectivity index (χ2n) is 15.4. The zero-order chi connectivity index (χ0) is 39.6. The predicted molar refractivity (Wildman–Crippen MR) is 222 cm³/mol. The first-order chi connectivity index (χ1) is 26.2. The first kappa shape index (κ1) is 39.4. The summed E-state index contributed by atoms with van der Waals surface area (Å²) in [6.07, 6.45) is 7.85. The third-order valence-corrected chi connectivity index (χ3v) is 11.3. The van der Waals surface area contributed by atoms with Gasteiger partial charge in [-0.2, -0.15) is 5.10 Å². The number of hydrazone groups is 1. The number of amides is 1. The molecule has 2 aliphatic carbocycles. The van der Waals surface area contributed by atoms with Gasteiger partial charge in [0.05, 0.1) is 39.2 Å². The van der Waals surface area contributed by atoms with E-state index >= 15 is 0 Å². The average Bonchev–Trinajstić information content (AvgIpc) is 3.70. The number of hydrogen-bond acceptors (Lipinski definition) is 10. The van der Waals surface area contributed by atoms with Crippen LogP contribution in [0.15, 0.2) is 99.0 Å². The molecule has 1 aliphatic heterocycles. The van der Waals surface area contributed by atoms with Gasteiger partial charge < -0.3 is 19.6 Å². The maximum Gasteiger partial charge on any atom is 0.305 e. The Hall–Kier alpha value is -5.29. The summed E-state index contributed by atoms with van der Waals surface area (Å²) >= 11 is 1.68. The number of hydrogen-bond donors (Lipinski definition) is 1. The molecule has 0 spiro atoms. The molecular weight excluding hydrogens is 711 g/mol. The minimum atomic E-state index is -0.481. The number of aliphatic hydroxyl groups excluding tert-OH is 1. The Morgan fingerprint density at radius 1 is 1.05 bits per heavy atom. The number of aromatic nitrogens is 1. The number of rotatable bonds is 13. The van der Waals surface area contributed by atoms with E-state index in [4.69, 9.17) is 4.74 Å². The smallest absolute Gasteiger partial charge is 0.305 e. The molecular formula is C44H51N5O5S. The first-order valence-corrected chi connectivity index (χ1v) is 19.8. The molecule has 1 N–H and O–H groups in total. The molecule has 1 unspecified atom stereocenters. The Morgan fingerprint density at radius 2 is 1.78 bits per heavy atom. The number of aliphatic hydroxyl groups is 1. The SMILES string of the molecule is CCN(CCOC(=O)CCCN(C)c1ccc(/C=C/c2nc3ccccc3s2)cc1)C1=CC(C)=C(C2=C(O)C(=C3C(=O)N(C)N=C3C(C)(C)C)C2=O)C(C)C1. The molecule has 0 saturated carbocycles. The number of carbonyl (C=O) groups excluding carboxylic acids is 3. The van der Waals surface area contributed by atoms with Crippen molar-refractivity contribution >= 4 is 62.8 Å². The quantitative estimate of drug-likeness (QED) is 0.137. The van der Waals surface area contributed by atoms with Crippen LogP contribution in [0.3, 0.4) is 0 Å². The minimum absolute atomic E-state index is 0.0453. The molecule has 0 fully saturated rings. The second kappa shape index (κ2) is 16.2. The van der Waals surface area contributed by atoms with Crippen LogP contribution in [-0.4, -0.2) is 83.7 Å². The van der Waals surface area contributed by atoms with Gasteiger partial charge >= 0.3 is 5.97 Å². The van der Waals surface area contributed by atoms with Crippen molar-refractivity contribution in [3.63, 3.8) is 0 Å². The number of ketones is 1. The normalized spacial score (nSPS) is 19.1. The van der Waals surface area contributed by atoms with Gasteiger partial charge in [-0.3, -0.25) is 14.4 Å². The molecule has 2 heterocycles. The van der Waals surface area contributed by atoms with Gasteiger partial charge in [-0.1, -0.05) is 58.0 Å². The number of benzene rings is 2. The lowest BCUT2D eigenvalue weighted by Gasteiger charge is -2.35. The van der Waals surface area contributed by atoms with Gasteiger partial charge in [-0.25, -0.2) is 9.99 Å². The van der Waals surface area contributed by atoms with Crippen LogP contribution in [0, 0.1) is 11.3 Å². The molecule has 10 nitrogen and oxygen atoms in total. The molecule has 3 aromatic rings. The van der Waals surface area contributed by atoms with E-state index in [1.807, 2.05) is 65.9 Å². The van der Waals surface area contributed by atoms with Crippen LogP contribution in [0.5, 0.6) is 0 Å². The third-order valence-electron chi connectivity index (χ3n) is 10.3. The summed E-state index contributed by atoms with van der Waals surface area (Å²) in [7, 11) is 3.58. The van der Waals surface area contributed by atoms with Crippen LogP contribution in [0.4, 0.5) is 5.69 Å². The van der Waals surface area contributed by atoms with Gasteiger partial charge in [0.1, 0.15) is 17.4 Å². The summed E-state index contributed by atoms with van der Waals surface area (Å²) in [4.78, 5) is 48.3. The number of fused-ring (bicyclic) bond motifs is 1. The maximum atomic E-state index is 13.6. The Balaban J connectivity index is 0.989. The van der Waals surface area contributed by atoms with E-state index in [0.717, 1.165) is 51.7 Å². The zero-order valence-electron chi connectivity index (χ0n) is 33.1. The Labute approximate surface area is 327 Å². The molecule has 2 aromatic carbocycles. The number of ether oxygens (including phenoxy) is 1. The molecule has 1 amide bonds. The number of allylic oxidation sites excluding steroid dienone is 6. The number of Topliss-reactive ketones (excluding diaryl/α,β-unsaturated/α-hetero) is 1. The summed E-state index contributed by atoms with van der Waals surface area (Å²) in [6, 6.07) is 16.5. The van der Waals surface area contributed by atoms with Gasteiger partial charge in [0.25, 0.3) is 5.91 Å². The van der Waals surface area contributed by atoms with Gasteiger partial charge in [-0.15, -0.1) is 11.3 Å². The molecule has 3 aliphatic rings. The summed E-state index contributed by atoms with van der Waals surface area (Å²) in [6.45, 7) is 14.1. The summed E-state index contributed by atoms with van der Waals surface area (Å²) < 4.78 is 6.83. The number of carbonyl (C=O) groups is 3. The van der Waals surface area contributed by atoms with E-state index < -0.39 is 5.41 Å². The highest BCUT2D eigenvalue weighted by atomic mass is 32.1. The van der Waals surface area contributed by atoms with Crippen molar-refractivity contribution in [2.45, 2.75) is 60.8 Å². The molecule has 1 atom stereocenters. The highest BCUT2D eigenvalue weighted by Gasteiger charge is 2.47. The van der Waals surface area contributed by atoms with Gasteiger partial charge in [-0.05, 0) is 85.7 Å². The molecule has 0 radical (unpaired) electrons. The highest BCUT2D eigenvalue weighted by molar-refractivity contribution is 7.19. The number of anilines is 1. The van der Waals surface area contributed by atoms with Crippen molar-refractivity contribution in [1.82, 2.24) is 14.9 Å². The van der Waals surface area contributed by atoms with Crippen molar-refractivity contribution in [2.24, 2.45) is 16.4 Å². The van der Waals surface area contributed by atoms with Crippen LogP contribution < -0.4 is 4.90 Å². The van der Waals surface area contributed by atoms with E-state index in [0.29, 0.717) is 31.5 Å². The molecule has 288 valence electrons. The highest BCUT2D eigenvalue weighted by Crippen LogP contribution is 2.45. The minimum Gasteiger partial charge on any atom is -0.506 e. The third kappa shape index (κ3) is 8.37. The van der Waals surface area contributed by atoms with Crippen LogP contribution in [0.2, 0.25) is 0 Å². The Bertz CT molecular complexity index is 2160. The molecule has 0 bridgehead atoms. The first-order valence-electron chi connectivity index (χ1n) is 18.9. The van der Waals surface area contributed by atoms with E-state index in [1.54, 1.807) is 18.4 Å². The fourth-order valence-corrected chi connectivity index (χ4v) is 8.27. The molecule has 6 rings (SSSR count). The summed E-state index contributed by atoms with van der Waals surface area (Å²) in [5, 5.41) is 17.8. The van der Waals surface area contributed by atoms with Gasteiger partial charge in [0.2, 0.25) is 5.78 Å². The average molecular weight is 762 g/mol. The lowest BCUT2D eigenvalue weighted by atomic mass is 9.71. The molecule has 1 aromatic heterocycles. The fraction of sp³-hybridized carbons (Fsp3) is 0.386. The van der Waals surface area contributed by atoms with E-state index in [1.165, 1.54) is 9.71 Å². The monoisotopic (exact) mass is 761 g/mol. The number of esters is 1. The van der Waals surface area contributed by atoms with Crippen molar-refractivity contribution in [2.75, 3.05) is 45.2 Å². The standard InChI is InChI=1S/C44H51N5O5S/c1-9-49(31-25-27(2)36(28(3)26-31)37-40(51)38(41(37)52)39-42(44(4,5)6)46-48(8)43(39)53)23-24-54-35(50)15-12-22-47(7)30-19-16-29(17-20-30)18-21-34-45-32-13-10-11-14-33(32)55-34/h10-11,13-14,16-21,25,28,51H,9,12,15,22-24,26H2,1-8H3/b21-18+,39-38?. The summed E-state index contributed by atoms with van der Waals surface area (Å²) in [5.74, 6) is -1.10. The Kier molecular flexibility index (Phi) is 11.6. The lowest BCUT2D eigenvalue weighted by Crippen LogP contribution is -2.35. The van der Waals surface area contributed by atoms with Gasteiger partial charge in [0, 0.05) is 50.4 Å². The fourth-order valence-electron chi connectivity index (χ4n) is 7.40. The topological polar surface area (TPSA) is 116 Å². The van der Waals surface area contributed by atoms with Crippen molar-refractivity contribution in [3.05, 3.63) is 104 Å². The van der Waals surface area contributed by atoms with Crippen LogP contribution in [0.1, 0.15) is 71.4 Å². The van der Waals surface area contributed by atoms with Crippen molar-refractivity contribution in [3.8, 4) is 0 Å². The largest absolute Gasteiger partial charge is 0.506 e. The van der Waals surface area contributed by atoms with Crippen LogP contribution in [0.25, 0.3) is 22.4 Å². The molecule has 55 heavy (non-hydrogen) atoms. The lowest BCUT2D eigenvalue weighted by molar-refractivity contribution is -0.144. The summed E-state index contributed by atoms with van der Waals surface area (Å²) in [5.41, 5.74) is 6.52. The van der Waals surface area contributed by atoms with Gasteiger partial charge in [0.15, 0.2) is 0 Å². The van der Waals surface area contributed by atoms with E-state index in [2.05, 4.69) is 69.3 Å². The second-order valence-corrected chi connectivity index (χ2v) is 16.5. The van der Waals surface area contributed by atoms with Crippen molar-refractivity contribution in [1.29, 1.82) is 0 Å². The van der Waals surface area contributed by atoms with Crippen molar-refractivity contribution < 1.29 is 24.2 Å².